The highest BCUT2D eigenvalue weighted by Gasteiger charge is 1.93. The molecule has 2 aromatic rings. The first-order valence-electron chi connectivity index (χ1n) is 5.06. The van der Waals surface area contributed by atoms with Gasteiger partial charge in [-0.15, -0.1) is 0 Å². The summed E-state index contributed by atoms with van der Waals surface area (Å²) in [4.78, 5) is 0. The Morgan fingerprint density at radius 3 is 2.40 bits per heavy atom. The highest BCUT2D eigenvalue weighted by Crippen LogP contribution is 2.02. The van der Waals surface area contributed by atoms with E-state index in [0.29, 0.717) is 0 Å². The van der Waals surface area contributed by atoms with Crippen LogP contribution in [0.2, 0.25) is 0 Å². The van der Waals surface area contributed by atoms with E-state index in [9.17, 15) is 0 Å². The van der Waals surface area contributed by atoms with Crippen molar-refractivity contribution in [2.45, 2.75) is 13.0 Å². The number of nitrogens with zero attached hydrogens (tertiary/aromatic N) is 1. The number of hydrogen-bond donors (Lipinski definition) is 0. The Labute approximate surface area is 95.0 Å². The van der Waals surface area contributed by atoms with Crippen molar-refractivity contribution in [1.82, 2.24) is 4.57 Å². The lowest BCUT2D eigenvalue weighted by atomic mass is 10.1. The van der Waals surface area contributed by atoms with Crippen molar-refractivity contribution in [2.75, 3.05) is 0 Å². The van der Waals surface area contributed by atoms with Crippen molar-refractivity contribution in [3.63, 3.8) is 0 Å². The molecule has 0 fully saturated rings. The first kappa shape index (κ1) is 10.1. The molecule has 0 bridgehead atoms. The summed E-state index contributed by atoms with van der Waals surface area (Å²) >= 11 is 5.23. The lowest BCUT2D eigenvalue weighted by molar-refractivity contribution is 0.683. The molecule has 1 nitrogen and oxygen atoms in total. The molecule has 0 saturated heterocycles. The smallest absolute Gasteiger partial charge is 0.105 e. The van der Waals surface area contributed by atoms with Gasteiger partial charge < -0.3 is 4.57 Å². The van der Waals surface area contributed by atoms with Gasteiger partial charge in [-0.2, -0.15) is 0 Å². The van der Waals surface area contributed by atoms with Gasteiger partial charge in [0.15, 0.2) is 0 Å². The first-order chi connectivity index (χ1) is 7.36. The first-order valence-corrected chi connectivity index (χ1v) is 5.46. The van der Waals surface area contributed by atoms with E-state index in [1.807, 2.05) is 30.5 Å². The standard InChI is InChI=1S/C13H13NS/c15-13-8-4-5-10-14(13)11-9-12-6-2-1-3-7-12/h1-8,10H,9,11H2. The third-order valence-corrected chi connectivity index (χ3v) is 2.75. The molecule has 0 N–H and O–H groups in total. The maximum atomic E-state index is 5.23. The van der Waals surface area contributed by atoms with Gasteiger partial charge in [0.05, 0.1) is 0 Å². The van der Waals surface area contributed by atoms with Crippen LogP contribution in [-0.2, 0) is 13.0 Å². The molecule has 15 heavy (non-hydrogen) atoms. The molecule has 0 amide bonds. The molecule has 1 heterocycles. The zero-order chi connectivity index (χ0) is 10.5. The second-order valence-electron chi connectivity index (χ2n) is 3.47. The maximum absolute atomic E-state index is 5.23. The molecular weight excluding hydrogens is 202 g/mol. The normalized spacial score (nSPS) is 10.1. The Kier molecular flexibility index (Phi) is 3.30. The Morgan fingerprint density at radius 1 is 0.933 bits per heavy atom. The van der Waals surface area contributed by atoms with Crippen LogP contribution in [0.5, 0.6) is 0 Å². The lowest BCUT2D eigenvalue weighted by Crippen LogP contribution is -2.01. The molecule has 0 unspecified atom stereocenters. The van der Waals surface area contributed by atoms with Gasteiger partial charge in [0.1, 0.15) is 4.64 Å². The van der Waals surface area contributed by atoms with Gasteiger partial charge >= 0.3 is 0 Å². The zero-order valence-corrected chi connectivity index (χ0v) is 9.28. The third kappa shape index (κ3) is 2.77. The SMILES string of the molecule is S=c1ccccn1CCc1ccccc1. The largest absolute Gasteiger partial charge is 0.339 e. The molecule has 0 radical (unpaired) electrons. The van der Waals surface area contributed by atoms with E-state index in [1.165, 1.54) is 5.56 Å². The monoisotopic (exact) mass is 215 g/mol. The van der Waals surface area contributed by atoms with Crippen molar-refractivity contribution in [1.29, 1.82) is 0 Å². The minimum Gasteiger partial charge on any atom is -0.339 e. The van der Waals surface area contributed by atoms with Gasteiger partial charge in [0.25, 0.3) is 0 Å². The van der Waals surface area contributed by atoms with E-state index in [-0.39, 0.29) is 0 Å². The van der Waals surface area contributed by atoms with Crippen molar-refractivity contribution in [3.8, 4) is 0 Å². The topological polar surface area (TPSA) is 4.93 Å². The van der Waals surface area contributed by atoms with Crippen LogP contribution in [0.15, 0.2) is 54.7 Å². The van der Waals surface area contributed by atoms with Gasteiger partial charge in [0.2, 0.25) is 0 Å². The van der Waals surface area contributed by atoms with Crippen LogP contribution >= 0.6 is 12.2 Å². The zero-order valence-electron chi connectivity index (χ0n) is 8.47. The predicted molar refractivity (Wildman–Crippen MR) is 65.4 cm³/mol. The fourth-order valence-electron chi connectivity index (χ4n) is 1.54. The molecule has 0 aliphatic heterocycles. The fraction of sp³-hybridized carbons (Fsp3) is 0.154. The molecule has 76 valence electrons. The molecule has 0 atom stereocenters. The summed E-state index contributed by atoms with van der Waals surface area (Å²) < 4.78 is 3.00. The van der Waals surface area contributed by atoms with E-state index in [4.69, 9.17) is 12.2 Å². The minimum atomic E-state index is 0.897. The summed E-state index contributed by atoms with van der Waals surface area (Å²) in [5, 5.41) is 0. The summed E-state index contributed by atoms with van der Waals surface area (Å²) in [6, 6.07) is 16.4. The predicted octanol–water partition coefficient (Wildman–Crippen LogP) is 3.46. The molecule has 0 spiro atoms. The summed E-state index contributed by atoms with van der Waals surface area (Å²) in [6.07, 6.45) is 3.06. The van der Waals surface area contributed by atoms with E-state index in [0.717, 1.165) is 17.6 Å². The summed E-state index contributed by atoms with van der Waals surface area (Å²) in [5.41, 5.74) is 1.35. The number of aryl methyl sites for hydroxylation is 2. The number of benzene rings is 1. The van der Waals surface area contributed by atoms with Gasteiger partial charge in [-0.05, 0) is 24.1 Å². The van der Waals surface area contributed by atoms with E-state index >= 15 is 0 Å². The number of hydrogen-bond acceptors (Lipinski definition) is 1. The van der Waals surface area contributed by atoms with Crippen LogP contribution in [0.3, 0.4) is 0 Å². The van der Waals surface area contributed by atoms with Crippen LogP contribution in [0.25, 0.3) is 0 Å². The van der Waals surface area contributed by atoms with E-state index in [1.54, 1.807) is 0 Å². The quantitative estimate of drug-likeness (QED) is 0.710. The fourth-order valence-corrected chi connectivity index (χ4v) is 1.77. The Hall–Kier alpha value is -1.41. The number of aromatic nitrogens is 1. The summed E-state index contributed by atoms with van der Waals surface area (Å²) in [5.74, 6) is 0. The molecule has 2 rings (SSSR count). The highest BCUT2D eigenvalue weighted by molar-refractivity contribution is 7.71. The van der Waals surface area contributed by atoms with Gasteiger partial charge in [-0.25, -0.2) is 0 Å². The van der Waals surface area contributed by atoms with Crippen molar-refractivity contribution < 1.29 is 0 Å². The average Bonchev–Trinajstić information content (AvgIpc) is 2.29. The van der Waals surface area contributed by atoms with Crippen LogP contribution in [0.4, 0.5) is 0 Å². The highest BCUT2D eigenvalue weighted by atomic mass is 32.1. The Bertz CT molecular complexity index is 473. The van der Waals surface area contributed by atoms with Crippen LogP contribution in [-0.4, -0.2) is 4.57 Å². The van der Waals surface area contributed by atoms with Gasteiger partial charge in [0, 0.05) is 12.7 Å². The number of pyridine rings is 1. The molecule has 0 saturated carbocycles. The van der Waals surface area contributed by atoms with Crippen LogP contribution in [0.1, 0.15) is 5.56 Å². The molecule has 2 heteroatoms. The summed E-state index contributed by atoms with van der Waals surface area (Å²) in [7, 11) is 0. The minimum absolute atomic E-state index is 0.897. The van der Waals surface area contributed by atoms with E-state index in [2.05, 4.69) is 28.8 Å². The van der Waals surface area contributed by atoms with Gasteiger partial charge in [-0.3, -0.25) is 0 Å². The molecule has 0 aliphatic carbocycles. The van der Waals surface area contributed by atoms with Crippen LogP contribution < -0.4 is 0 Å². The maximum Gasteiger partial charge on any atom is 0.105 e. The molecule has 0 aliphatic rings. The molecule has 1 aromatic heterocycles. The van der Waals surface area contributed by atoms with Crippen molar-refractivity contribution >= 4 is 12.2 Å². The summed E-state index contributed by atoms with van der Waals surface area (Å²) in [6.45, 7) is 0.948. The Morgan fingerprint density at radius 2 is 1.67 bits per heavy atom. The molecular formula is C13H13NS. The average molecular weight is 215 g/mol. The lowest BCUT2D eigenvalue weighted by Gasteiger charge is -2.06. The second kappa shape index (κ2) is 4.89. The van der Waals surface area contributed by atoms with E-state index < -0.39 is 0 Å². The Balaban J connectivity index is 2.06. The van der Waals surface area contributed by atoms with Gasteiger partial charge in [-0.1, -0.05) is 48.6 Å². The van der Waals surface area contributed by atoms with Crippen molar-refractivity contribution in [2.24, 2.45) is 0 Å². The van der Waals surface area contributed by atoms with Crippen molar-refractivity contribution in [3.05, 3.63) is 64.9 Å². The second-order valence-corrected chi connectivity index (χ2v) is 3.89. The molecule has 1 aromatic carbocycles. The van der Waals surface area contributed by atoms with Crippen LogP contribution in [0, 0.1) is 4.64 Å². The third-order valence-electron chi connectivity index (χ3n) is 2.38. The number of rotatable bonds is 3.